The Balaban J connectivity index is 1.88. The highest BCUT2D eigenvalue weighted by molar-refractivity contribution is 4.65. The van der Waals surface area contributed by atoms with E-state index in [-0.39, 0.29) is 0 Å². The minimum atomic E-state index is 0.497. The quantitative estimate of drug-likeness (QED) is 0.507. The van der Waals surface area contributed by atoms with E-state index < -0.39 is 0 Å². The van der Waals surface area contributed by atoms with Gasteiger partial charge < -0.3 is 0 Å². The molecule has 1 aliphatic rings. The van der Waals surface area contributed by atoms with E-state index in [0.29, 0.717) is 6.10 Å². The summed E-state index contributed by atoms with van der Waals surface area (Å²) < 4.78 is 0. The van der Waals surface area contributed by atoms with Gasteiger partial charge >= 0.3 is 0 Å². The average molecular weight is 171 g/mol. The third-order valence-corrected chi connectivity index (χ3v) is 2.38. The lowest BCUT2D eigenvalue weighted by molar-refractivity contribution is -0.0219. The van der Waals surface area contributed by atoms with Crippen LogP contribution in [0.2, 0.25) is 0 Å². The molecule has 0 bridgehead atoms. The van der Waals surface area contributed by atoms with Crippen LogP contribution in [0.1, 0.15) is 46.0 Å². The van der Waals surface area contributed by atoms with Crippen molar-refractivity contribution in [1.82, 2.24) is 5.48 Å². The van der Waals surface area contributed by atoms with Crippen LogP contribution in [0.5, 0.6) is 0 Å². The molecule has 0 aromatic rings. The number of nitrogens with one attached hydrogen (secondary N) is 1. The first kappa shape index (κ1) is 10.0. The topological polar surface area (TPSA) is 21.3 Å². The third-order valence-electron chi connectivity index (χ3n) is 2.38. The van der Waals surface area contributed by atoms with Gasteiger partial charge in [0, 0.05) is 6.54 Å². The van der Waals surface area contributed by atoms with Crippen molar-refractivity contribution in [3.8, 4) is 0 Å². The summed E-state index contributed by atoms with van der Waals surface area (Å²) in [5, 5.41) is 0. The molecule has 0 unspecified atom stereocenters. The van der Waals surface area contributed by atoms with Crippen LogP contribution in [0, 0.1) is 5.92 Å². The van der Waals surface area contributed by atoms with Crippen LogP contribution < -0.4 is 5.48 Å². The summed E-state index contributed by atoms with van der Waals surface area (Å²) in [5.41, 5.74) is 3.06. The van der Waals surface area contributed by atoms with E-state index in [0.717, 1.165) is 12.5 Å². The van der Waals surface area contributed by atoms with Gasteiger partial charge in [0.2, 0.25) is 0 Å². The lowest BCUT2D eigenvalue weighted by Gasteiger charge is -2.12. The zero-order chi connectivity index (χ0) is 8.81. The van der Waals surface area contributed by atoms with Crippen LogP contribution >= 0.6 is 0 Å². The predicted octanol–water partition coefficient (Wildman–Crippen LogP) is 2.50. The zero-order valence-corrected chi connectivity index (χ0v) is 8.31. The zero-order valence-electron chi connectivity index (χ0n) is 8.31. The standard InChI is InChI=1S/C10H21NO/c1-9(2)7-8-11-12-10-5-3-4-6-10/h9-11H,3-8H2,1-2H3. The number of hydrogen-bond donors (Lipinski definition) is 1. The van der Waals surface area contributed by atoms with Crippen molar-refractivity contribution in [2.75, 3.05) is 6.54 Å². The maximum atomic E-state index is 5.50. The van der Waals surface area contributed by atoms with E-state index in [4.69, 9.17) is 4.84 Å². The number of rotatable bonds is 5. The summed E-state index contributed by atoms with van der Waals surface area (Å²) in [7, 11) is 0. The van der Waals surface area contributed by atoms with Crippen molar-refractivity contribution < 1.29 is 4.84 Å². The van der Waals surface area contributed by atoms with Crippen molar-refractivity contribution in [2.45, 2.75) is 52.1 Å². The maximum Gasteiger partial charge on any atom is 0.0790 e. The first-order valence-electron chi connectivity index (χ1n) is 5.17. The van der Waals surface area contributed by atoms with E-state index in [2.05, 4.69) is 19.3 Å². The summed E-state index contributed by atoms with van der Waals surface area (Å²) in [6.45, 7) is 5.46. The van der Waals surface area contributed by atoms with Gasteiger partial charge in [-0.25, -0.2) is 5.48 Å². The largest absolute Gasteiger partial charge is 0.299 e. The SMILES string of the molecule is CC(C)CCNOC1CCCC1. The Morgan fingerprint density at radius 1 is 1.33 bits per heavy atom. The Labute approximate surface area is 75.6 Å². The first-order valence-corrected chi connectivity index (χ1v) is 5.17. The molecule has 1 rings (SSSR count). The molecule has 1 aliphatic carbocycles. The molecule has 0 aromatic heterocycles. The fraction of sp³-hybridized carbons (Fsp3) is 1.00. The van der Waals surface area contributed by atoms with Crippen LogP contribution in [0.25, 0.3) is 0 Å². The maximum absolute atomic E-state index is 5.50. The molecule has 0 radical (unpaired) electrons. The second-order valence-electron chi connectivity index (χ2n) is 4.10. The third kappa shape index (κ3) is 4.07. The van der Waals surface area contributed by atoms with Crippen molar-refractivity contribution in [1.29, 1.82) is 0 Å². The van der Waals surface area contributed by atoms with Gasteiger partial charge in [-0.15, -0.1) is 0 Å². The van der Waals surface area contributed by atoms with Gasteiger partial charge in [-0.05, 0) is 25.2 Å². The lowest BCUT2D eigenvalue weighted by atomic mass is 10.1. The van der Waals surface area contributed by atoms with Gasteiger partial charge in [-0.3, -0.25) is 4.84 Å². The van der Waals surface area contributed by atoms with E-state index in [9.17, 15) is 0 Å². The van der Waals surface area contributed by atoms with Gasteiger partial charge in [-0.2, -0.15) is 0 Å². The highest BCUT2D eigenvalue weighted by Crippen LogP contribution is 2.19. The molecule has 2 nitrogen and oxygen atoms in total. The van der Waals surface area contributed by atoms with Crippen LogP contribution in [0.3, 0.4) is 0 Å². The summed E-state index contributed by atoms with van der Waals surface area (Å²) >= 11 is 0. The summed E-state index contributed by atoms with van der Waals surface area (Å²) in [5.74, 6) is 0.768. The smallest absolute Gasteiger partial charge is 0.0790 e. The highest BCUT2D eigenvalue weighted by Gasteiger charge is 2.14. The highest BCUT2D eigenvalue weighted by atomic mass is 16.7. The van der Waals surface area contributed by atoms with Crippen molar-refractivity contribution in [3.63, 3.8) is 0 Å². The molecule has 1 fully saturated rings. The first-order chi connectivity index (χ1) is 5.79. The molecule has 0 amide bonds. The molecular weight excluding hydrogens is 150 g/mol. The molecule has 12 heavy (non-hydrogen) atoms. The normalized spacial score (nSPS) is 19.2. The van der Waals surface area contributed by atoms with Gasteiger partial charge in [0.25, 0.3) is 0 Å². The Hall–Kier alpha value is -0.0800. The Bertz CT molecular complexity index is 108. The molecule has 0 atom stereocenters. The molecule has 1 N–H and O–H groups in total. The van der Waals surface area contributed by atoms with E-state index in [1.807, 2.05) is 0 Å². The van der Waals surface area contributed by atoms with Crippen LogP contribution in [0.15, 0.2) is 0 Å². The monoisotopic (exact) mass is 171 g/mol. The molecule has 0 spiro atoms. The van der Waals surface area contributed by atoms with Gasteiger partial charge in [0.15, 0.2) is 0 Å². The predicted molar refractivity (Wildman–Crippen MR) is 50.8 cm³/mol. The lowest BCUT2D eigenvalue weighted by Crippen LogP contribution is -2.23. The van der Waals surface area contributed by atoms with Crippen molar-refractivity contribution >= 4 is 0 Å². The fourth-order valence-electron chi connectivity index (χ4n) is 1.53. The molecule has 1 saturated carbocycles. The van der Waals surface area contributed by atoms with Crippen LogP contribution in [-0.2, 0) is 4.84 Å². The van der Waals surface area contributed by atoms with Crippen LogP contribution in [0.4, 0.5) is 0 Å². The second-order valence-corrected chi connectivity index (χ2v) is 4.10. The van der Waals surface area contributed by atoms with Gasteiger partial charge in [-0.1, -0.05) is 26.7 Å². The minimum absolute atomic E-state index is 0.497. The van der Waals surface area contributed by atoms with E-state index in [1.165, 1.54) is 32.1 Å². The van der Waals surface area contributed by atoms with Crippen molar-refractivity contribution in [2.24, 2.45) is 5.92 Å². The molecule has 0 saturated heterocycles. The molecule has 72 valence electrons. The molecule has 2 heteroatoms. The average Bonchev–Trinajstić information content (AvgIpc) is 2.49. The molecular formula is C10H21NO. The number of hydrogen-bond acceptors (Lipinski definition) is 2. The molecule has 0 heterocycles. The molecule has 0 aromatic carbocycles. The second kappa shape index (κ2) is 5.55. The Morgan fingerprint density at radius 3 is 2.58 bits per heavy atom. The van der Waals surface area contributed by atoms with Gasteiger partial charge in [0.05, 0.1) is 6.10 Å². The Morgan fingerprint density at radius 2 is 2.00 bits per heavy atom. The summed E-state index contributed by atoms with van der Waals surface area (Å²) in [6, 6.07) is 0. The minimum Gasteiger partial charge on any atom is -0.299 e. The summed E-state index contributed by atoms with van der Waals surface area (Å²) in [6.07, 6.45) is 6.88. The fourth-order valence-corrected chi connectivity index (χ4v) is 1.53. The summed E-state index contributed by atoms with van der Waals surface area (Å²) in [4.78, 5) is 5.50. The number of hydroxylamine groups is 1. The van der Waals surface area contributed by atoms with E-state index >= 15 is 0 Å². The molecule has 0 aliphatic heterocycles. The van der Waals surface area contributed by atoms with Gasteiger partial charge in [0.1, 0.15) is 0 Å². The Kier molecular flexibility index (Phi) is 4.62. The van der Waals surface area contributed by atoms with Crippen molar-refractivity contribution in [3.05, 3.63) is 0 Å². The van der Waals surface area contributed by atoms with Crippen LogP contribution in [-0.4, -0.2) is 12.6 Å². The van der Waals surface area contributed by atoms with E-state index in [1.54, 1.807) is 0 Å².